The minimum Gasteiger partial charge on any atom is -0.506 e. The molecular weight excluding hydrogens is 632 g/mol. The fraction of sp³-hybridized carbons (Fsp3) is 0.297. The predicted molar refractivity (Wildman–Crippen MR) is 178 cm³/mol. The molecule has 0 bridgehead atoms. The number of aryl methyl sites for hydroxylation is 1. The Hall–Kier alpha value is -4.98. The van der Waals surface area contributed by atoms with E-state index in [0.717, 1.165) is 22.4 Å². The summed E-state index contributed by atoms with van der Waals surface area (Å²) >= 11 is 0. The van der Waals surface area contributed by atoms with E-state index in [1.165, 1.54) is 18.1 Å². The summed E-state index contributed by atoms with van der Waals surface area (Å²) in [5, 5.41) is 44.6. The summed E-state index contributed by atoms with van der Waals surface area (Å²) in [7, 11) is 1.45. The van der Waals surface area contributed by atoms with Gasteiger partial charge in [-0.25, -0.2) is 0 Å². The Morgan fingerprint density at radius 2 is 1.94 bits per heavy atom. The number of aromatic hydroxyl groups is 1. The molecule has 4 aliphatic rings. The minimum atomic E-state index is -1.69. The Bertz CT molecular complexity index is 1960. The maximum atomic E-state index is 13.7. The van der Waals surface area contributed by atoms with Crippen molar-refractivity contribution >= 4 is 28.7 Å². The molecule has 1 aliphatic carbocycles. The standard InChI is InChI=1S/C37H34N2O10/c1-19-11-21-12-23(46-2)13-28(31(21)33(42)30(19)27(40)16-39-15-20-7-3-4-9-25(20)36(39)45)48-37-35(44)34(43)32(41)29(49-37)18-47-17-22-14-38-26-10-6-5-8-24(22)26/h3-14,29,32,34-35,37,41,43-44H,15-18H2,1-2H3/p+1. The molecule has 49 heavy (non-hydrogen) atoms. The van der Waals surface area contributed by atoms with Gasteiger partial charge >= 0.3 is 0 Å². The van der Waals surface area contributed by atoms with Crippen molar-refractivity contribution in [2.45, 2.75) is 44.2 Å². The summed E-state index contributed by atoms with van der Waals surface area (Å²) in [5.41, 5.74) is 4.43. The number of Topliss-reactive ketones (excluding diaryl/α,β-unsaturated/α-hetero) is 1. The average Bonchev–Trinajstić information content (AvgIpc) is 3.65. The number of amides is 1. The summed E-state index contributed by atoms with van der Waals surface area (Å²) in [6, 6.07) is 12.0. The first-order valence-corrected chi connectivity index (χ1v) is 15.8. The number of hydrogen-bond acceptors (Lipinski definition) is 11. The maximum Gasteiger partial charge on any atom is 0.254 e. The Balaban J connectivity index is 1.13. The van der Waals surface area contributed by atoms with Crippen molar-refractivity contribution in [3.8, 4) is 17.2 Å². The van der Waals surface area contributed by atoms with E-state index in [1.807, 2.05) is 36.8 Å². The highest BCUT2D eigenvalue weighted by Crippen LogP contribution is 2.42. The van der Waals surface area contributed by atoms with Crippen LogP contribution in [0, 0.1) is 13.3 Å². The molecule has 1 amide bonds. The summed E-state index contributed by atoms with van der Waals surface area (Å²) in [6.07, 6.45) is 1.87. The van der Waals surface area contributed by atoms with Gasteiger partial charge < -0.3 is 44.3 Å². The number of phenolic OH excluding ortho intramolecular Hbond substituents is 1. The number of aliphatic imine (C=N–C) groups is 1. The van der Waals surface area contributed by atoms with E-state index in [1.54, 1.807) is 37.4 Å². The van der Waals surface area contributed by atoms with Crippen molar-refractivity contribution in [1.29, 1.82) is 0 Å². The lowest BCUT2D eigenvalue weighted by atomic mass is 9.96. The second kappa shape index (κ2) is 13.1. The van der Waals surface area contributed by atoms with Crippen molar-refractivity contribution < 1.29 is 49.0 Å². The van der Waals surface area contributed by atoms with Gasteiger partial charge in [-0.2, -0.15) is 4.99 Å². The number of methoxy groups -OCH3 is 1. The van der Waals surface area contributed by atoms with E-state index in [2.05, 4.69) is 4.99 Å². The minimum absolute atomic E-state index is 0.00708. The van der Waals surface area contributed by atoms with Gasteiger partial charge in [-0.3, -0.25) is 9.59 Å². The van der Waals surface area contributed by atoms with Gasteiger partial charge in [-0.05, 0) is 35.6 Å². The molecule has 7 rings (SSSR count). The van der Waals surface area contributed by atoms with Crippen LogP contribution in [0.25, 0.3) is 10.8 Å². The zero-order chi connectivity index (χ0) is 34.4. The molecule has 0 aromatic heterocycles. The molecule has 4 N–H and O–H groups in total. The van der Waals surface area contributed by atoms with Crippen LogP contribution in [0.15, 0.2) is 82.5 Å². The molecule has 3 aromatic rings. The van der Waals surface area contributed by atoms with Crippen molar-refractivity contribution in [3.63, 3.8) is 0 Å². The number of hydrogen-bond donors (Lipinski definition) is 4. The summed E-state index contributed by atoms with van der Waals surface area (Å²) < 4.78 is 23.3. The van der Waals surface area contributed by atoms with Gasteiger partial charge in [0.15, 0.2) is 11.5 Å². The first-order chi connectivity index (χ1) is 23.6. The van der Waals surface area contributed by atoms with Crippen LogP contribution in [0.1, 0.15) is 31.8 Å². The summed E-state index contributed by atoms with van der Waals surface area (Å²) in [4.78, 5) is 32.4. The van der Waals surface area contributed by atoms with E-state index in [-0.39, 0.29) is 54.7 Å². The molecule has 1 saturated heterocycles. The summed E-state index contributed by atoms with van der Waals surface area (Å²) in [5.74, 6) is -0.784. The van der Waals surface area contributed by atoms with Crippen molar-refractivity contribution in [1.82, 2.24) is 4.90 Å². The van der Waals surface area contributed by atoms with Crippen LogP contribution in [-0.4, -0.2) is 101 Å². The first-order valence-electron chi connectivity index (χ1n) is 15.8. The van der Waals surface area contributed by atoms with Gasteiger partial charge in [0.05, 0.1) is 43.0 Å². The maximum absolute atomic E-state index is 13.7. The zero-order valence-electron chi connectivity index (χ0n) is 26.8. The molecule has 3 heterocycles. The lowest BCUT2D eigenvalue weighted by Crippen LogP contribution is -2.60. The van der Waals surface area contributed by atoms with Crippen molar-refractivity contribution in [2.24, 2.45) is 4.99 Å². The normalized spacial score (nSPS) is 24.2. The van der Waals surface area contributed by atoms with E-state index in [9.17, 15) is 30.0 Å². The largest absolute Gasteiger partial charge is 0.506 e. The molecule has 12 heteroatoms. The van der Waals surface area contributed by atoms with E-state index >= 15 is 0 Å². The van der Waals surface area contributed by atoms with Crippen LogP contribution in [0.3, 0.4) is 0 Å². The third-order valence-corrected chi connectivity index (χ3v) is 9.15. The number of phenols is 1. The molecule has 0 radical (unpaired) electrons. The predicted octanol–water partition coefficient (Wildman–Crippen LogP) is 2.94. The Morgan fingerprint density at radius 1 is 1.12 bits per heavy atom. The quantitative estimate of drug-likeness (QED) is 0.187. The Kier molecular flexibility index (Phi) is 8.73. The first kappa shape index (κ1) is 32.6. The highest BCUT2D eigenvalue weighted by Gasteiger charge is 2.45. The van der Waals surface area contributed by atoms with Crippen molar-refractivity contribution in [2.75, 3.05) is 26.9 Å². The smallest absolute Gasteiger partial charge is 0.254 e. The third kappa shape index (κ3) is 5.98. The van der Waals surface area contributed by atoms with Gasteiger partial charge in [-0.1, -0.05) is 24.3 Å². The number of allylic oxidation sites excluding steroid dienone is 4. The van der Waals surface area contributed by atoms with Crippen LogP contribution in [0.5, 0.6) is 17.2 Å². The van der Waals surface area contributed by atoms with E-state index in [4.69, 9.17) is 18.9 Å². The number of nitrogens with zero attached hydrogens (tertiary/aromatic N) is 2. The van der Waals surface area contributed by atoms with Crippen LogP contribution < -0.4 is 9.47 Å². The summed E-state index contributed by atoms with van der Waals surface area (Å²) in [6.45, 7) is 1.71. The average molecular weight is 668 g/mol. The number of fused-ring (bicyclic) bond motifs is 3. The van der Waals surface area contributed by atoms with Crippen molar-refractivity contribution in [3.05, 3.63) is 106 Å². The van der Waals surface area contributed by atoms with Gasteiger partial charge in [0, 0.05) is 42.8 Å². The van der Waals surface area contributed by atoms with Crippen LogP contribution >= 0.6 is 0 Å². The number of ether oxygens (including phenoxy) is 4. The van der Waals surface area contributed by atoms with Crippen LogP contribution in [0.2, 0.25) is 0 Å². The lowest BCUT2D eigenvalue weighted by molar-refractivity contribution is -0.279. The number of rotatable bonds is 10. The third-order valence-electron chi connectivity index (χ3n) is 9.15. The SMILES string of the molecule is COc1cc(OC2OC(COCC3=C4[CH+]C=CC=C4N=C3)C(O)C(O)C2O)c2c(O)c(C(=O)CN3Cc4ccccc4C3=O)c(C)cc2c1. The molecule has 3 aliphatic heterocycles. The highest BCUT2D eigenvalue weighted by molar-refractivity contribution is 6.10. The molecule has 3 aromatic carbocycles. The highest BCUT2D eigenvalue weighted by atomic mass is 16.7. The second-order valence-electron chi connectivity index (χ2n) is 12.3. The fourth-order valence-electron chi connectivity index (χ4n) is 6.60. The van der Waals surface area contributed by atoms with E-state index < -0.39 is 36.5 Å². The number of carbonyl (C=O) groups excluding carboxylic acids is 2. The fourth-order valence-corrected chi connectivity index (χ4v) is 6.60. The number of aliphatic hydroxyl groups excluding tert-OH is 3. The Labute approximate surface area is 281 Å². The molecule has 12 nitrogen and oxygen atoms in total. The van der Waals surface area contributed by atoms with Gasteiger partial charge in [0.2, 0.25) is 6.29 Å². The monoisotopic (exact) mass is 667 g/mol. The lowest BCUT2D eigenvalue weighted by Gasteiger charge is -2.40. The molecule has 5 unspecified atom stereocenters. The van der Waals surface area contributed by atoms with Gasteiger partial charge in [0.25, 0.3) is 5.91 Å². The molecule has 1 fully saturated rings. The van der Waals surface area contributed by atoms with Gasteiger partial charge in [-0.15, -0.1) is 0 Å². The molecule has 5 atom stereocenters. The molecule has 0 saturated carbocycles. The molecule has 0 spiro atoms. The van der Waals surface area contributed by atoms with Crippen LogP contribution in [-0.2, 0) is 16.0 Å². The number of carbonyl (C=O) groups is 2. The van der Waals surface area contributed by atoms with E-state index in [0.29, 0.717) is 22.3 Å². The molecule has 252 valence electrons. The zero-order valence-corrected chi connectivity index (χ0v) is 26.8. The number of aliphatic hydroxyl groups is 3. The topological polar surface area (TPSA) is 168 Å². The second-order valence-corrected chi connectivity index (χ2v) is 12.3. The Morgan fingerprint density at radius 3 is 2.73 bits per heavy atom. The number of ketones is 1. The number of benzene rings is 3. The van der Waals surface area contributed by atoms with Gasteiger partial charge in [0.1, 0.15) is 53.8 Å². The van der Waals surface area contributed by atoms with Crippen LogP contribution in [0.4, 0.5) is 0 Å². The molecular formula is C37H35N2O10+.